The molecule has 1 aliphatic rings. The van der Waals surface area contributed by atoms with Crippen LogP contribution in [0.25, 0.3) is 0 Å². The Hall–Kier alpha value is -3.28. The van der Waals surface area contributed by atoms with Crippen LogP contribution in [0.4, 0.5) is 0 Å². The van der Waals surface area contributed by atoms with E-state index in [2.05, 4.69) is 0 Å². The van der Waals surface area contributed by atoms with E-state index in [1.165, 1.54) is 25.1 Å². The number of aryl methyl sites for hydroxylation is 1. The number of carbonyl (C=O) groups excluding carboxylic acids is 4. The first-order valence-electron chi connectivity index (χ1n) is 8.51. The monoisotopic (exact) mass is 366 g/mol. The second-order valence-electron chi connectivity index (χ2n) is 6.26. The maximum Gasteiger partial charge on any atom is 0.308 e. The first-order chi connectivity index (χ1) is 12.8. The average molecular weight is 366 g/mol. The molecule has 3 rings (SSSR count). The van der Waals surface area contributed by atoms with Gasteiger partial charge in [0.25, 0.3) is 5.60 Å². The number of benzene rings is 2. The third kappa shape index (κ3) is 2.93. The van der Waals surface area contributed by atoms with Crippen molar-refractivity contribution in [3.63, 3.8) is 0 Å². The zero-order chi connectivity index (χ0) is 19.8. The third-order valence-corrected chi connectivity index (χ3v) is 4.44. The van der Waals surface area contributed by atoms with Crippen LogP contribution in [0.2, 0.25) is 0 Å². The van der Waals surface area contributed by atoms with Crippen molar-refractivity contribution in [3.8, 4) is 5.75 Å². The van der Waals surface area contributed by atoms with Crippen LogP contribution < -0.4 is 4.74 Å². The van der Waals surface area contributed by atoms with Crippen LogP contribution in [0.15, 0.2) is 42.5 Å². The Morgan fingerprint density at radius 3 is 2.00 bits per heavy atom. The summed E-state index contributed by atoms with van der Waals surface area (Å²) in [5, 5.41) is 0. The number of carbonyl (C=O) groups is 4. The Balaban J connectivity index is 2.32. The zero-order valence-electron chi connectivity index (χ0n) is 15.2. The maximum atomic E-state index is 13.3. The SMILES string of the molecule is CCc1ccc(OC(C)=O)c(C2(OC(C)=O)C(=O)c3ccccc3C2=O)c1. The van der Waals surface area contributed by atoms with Crippen molar-refractivity contribution < 1.29 is 28.7 Å². The van der Waals surface area contributed by atoms with Gasteiger partial charge < -0.3 is 9.47 Å². The molecule has 1 aliphatic carbocycles. The molecule has 0 aliphatic heterocycles. The molecule has 0 saturated carbocycles. The Morgan fingerprint density at radius 2 is 1.52 bits per heavy atom. The van der Waals surface area contributed by atoms with Crippen molar-refractivity contribution in [1.82, 2.24) is 0 Å². The topological polar surface area (TPSA) is 86.7 Å². The molecule has 2 aromatic carbocycles. The second-order valence-corrected chi connectivity index (χ2v) is 6.26. The van der Waals surface area contributed by atoms with Crippen molar-refractivity contribution in [2.24, 2.45) is 0 Å². The molecule has 0 N–H and O–H groups in total. The lowest BCUT2D eigenvalue weighted by molar-refractivity contribution is -0.149. The summed E-state index contributed by atoms with van der Waals surface area (Å²) in [5.74, 6) is -2.70. The van der Waals surface area contributed by atoms with Gasteiger partial charge in [-0.1, -0.05) is 37.3 Å². The fourth-order valence-corrected chi connectivity index (χ4v) is 3.29. The van der Waals surface area contributed by atoms with E-state index in [1.807, 2.05) is 6.92 Å². The van der Waals surface area contributed by atoms with E-state index in [-0.39, 0.29) is 22.4 Å². The number of Topliss-reactive ketones (excluding diaryl/α,β-unsaturated/α-hetero) is 2. The number of hydrogen-bond donors (Lipinski definition) is 0. The van der Waals surface area contributed by atoms with Gasteiger partial charge in [-0.3, -0.25) is 19.2 Å². The predicted octanol–water partition coefficient (Wildman–Crippen LogP) is 3.01. The lowest BCUT2D eigenvalue weighted by atomic mass is 9.86. The first kappa shape index (κ1) is 18.5. The normalized spacial score (nSPS) is 14.6. The van der Waals surface area contributed by atoms with E-state index in [4.69, 9.17) is 9.47 Å². The van der Waals surface area contributed by atoms with Gasteiger partial charge in [0.15, 0.2) is 0 Å². The molecule has 0 aromatic heterocycles. The molecule has 6 heteroatoms. The van der Waals surface area contributed by atoms with Gasteiger partial charge in [-0.15, -0.1) is 0 Å². The van der Waals surface area contributed by atoms with Crippen molar-refractivity contribution in [3.05, 3.63) is 64.7 Å². The van der Waals surface area contributed by atoms with Crippen LogP contribution in [0.5, 0.6) is 5.75 Å². The van der Waals surface area contributed by atoms with E-state index in [0.717, 1.165) is 12.5 Å². The van der Waals surface area contributed by atoms with E-state index in [1.54, 1.807) is 24.3 Å². The third-order valence-electron chi connectivity index (χ3n) is 4.44. The molecular formula is C21H18O6. The van der Waals surface area contributed by atoms with Crippen LogP contribution in [0.1, 0.15) is 52.6 Å². The van der Waals surface area contributed by atoms with Crippen LogP contribution in [-0.2, 0) is 26.3 Å². The smallest absolute Gasteiger partial charge is 0.308 e. The van der Waals surface area contributed by atoms with Crippen LogP contribution in [0.3, 0.4) is 0 Å². The molecule has 0 radical (unpaired) electrons. The van der Waals surface area contributed by atoms with Gasteiger partial charge in [-0.05, 0) is 24.1 Å². The van der Waals surface area contributed by atoms with Crippen molar-refractivity contribution in [2.75, 3.05) is 0 Å². The maximum absolute atomic E-state index is 13.3. The zero-order valence-corrected chi connectivity index (χ0v) is 15.2. The minimum absolute atomic E-state index is 0.00968. The Bertz CT molecular complexity index is 937. The summed E-state index contributed by atoms with van der Waals surface area (Å²) >= 11 is 0. The van der Waals surface area contributed by atoms with Gasteiger partial charge >= 0.3 is 11.9 Å². The molecular weight excluding hydrogens is 348 g/mol. The van der Waals surface area contributed by atoms with E-state index < -0.39 is 29.1 Å². The molecule has 0 unspecified atom stereocenters. The summed E-state index contributed by atoms with van der Waals surface area (Å²) in [6.07, 6.45) is 0.610. The Morgan fingerprint density at radius 1 is 0.926 bits per heavy atom. The Labute approximate surface area is 156 Å². The average Bonchev–Trinajstić information content (AvgIpc) is 2.84. The summed E-state index contributed by atoms with van der Waals surface area (Å²) in [6.45, 7) is 4.24. The van der Waals surface area contributed by atoms with Gasteiger partial charge in [-0.2, -0.15) is 0 Å². The lowest BCUT2D eigenvalue weighted by Crippen LogP contribution is -2.43. The van der Waals surface area contributed by atoms with Crippen LogP contribution in [0, 0.1) is 0 Å². The predicted molar refractivity (Wildman–Crippen MR) is 95.7 cm³/mol. The summed E-state index contributed by atoms with van der Waals surface area (Å²) in [6, 6.07) is 11.1. The fraction of sp³-hybridized carbons (Fsp3) is 0.238. The molecule has 0 fully saturated rings. The van der Waals surface area contributed by atoms with Gasteiger partial charge in [0, 0.05) is 25.0 Å². The molecule has 0 amide bonds. The summed E-state index contributed by atoms with van der Waals surface area (Å²) < 4.78 is 10.6. The number of ether oxygens (including phenoxy) is 2. The molecule has 138 valence electrons. The van der Waals surface area contributed by atoms with Crippen LogP contribution >= 0.6 is 0 Å². The molecule has 27 heavy (non-hydrogen) atoms. The standard InChI is InChI=1S/C21H18O6/c1-4-14-9-10-18(26-12(2)22)17(11-14)21(27-13(3)23)19(24)15-7-5-6-8-16(15)20(21)25/h5-11H,4H2,1-3H3. The molecule has 2 aromatic rings. The number of rotatable bonds is 4. The number of fused-ring (bicyclic) bond motifs is 1. The van der Waals surface area contributed by atoms with Gasteiger partial charge in [0.1, 0.15) is 5.75 Å². The molecule has 0 heterocycles. The van der Waals surface area contributed by atoms with Crippen molar-refractivity contribution in [1.29, 1.82) is 0 Å². The summed E-state index contributed by atoms with van der Waals surface area (Å²) in [4.78, 5) is 49.9. The second kappa shape index (κ2) is 6.79. The van der Waals surface area contributed by atoms with Crippen LogP contribution in [-0.4, -0.2) is 23.5 Å². The highest BCUT2D eigenvalue weighted by atomic mass is 16.6. The molecule has 0 saturated heterocycles. The largest absolute Gasteiger partial charge is 0.437 e. The van der Waals surface area contributed by atoms with Crippen molar-refractivity contribution in [2.45, 2.75) is 32.8 Å². The van der Waals surface area contributed by atoms with E-state index >= 15 is 0 Å². The minimum Gasteiger partial charge on any atom is -0.437 e. The van der Waals surface area contributed by atoms with E-state index in [0.29, 0.717) is 6.42 Å². The van der Waals surface area contributed by atoms with E-state index in [9.17, 15) is 19.2 Å². The number of esters is 2. The number of hydrogen-bond acceptors (Lipinski definition) is 6. The fourth-order valence-electron chi connectivity index (χ4n) is 3.29. The number of ketones is 2. The summed E-state index contributed by atoms with van der Waals surface area (Å²) in [5.41, 5.74) is -1.02. The molecule has 0 atom stereocenters. The summed E-state index contributed by atoms with van der Waals surface area (Å²) in [7, 11) is 0. The highest BCUT2D eigenvalue weighted by Gasteiger charge is 2.58. The molecule has 0 bridgehead atoms. The quantitative estimate of drug-likeness (QED) is 0.470. The lowest BCUT2D eigenvalue weighted by Gasteiger charge is -2.28. The minimum atomic E-state index is -2.20. The van der Waals surface area contributed by atoms with Gasteiger partial charge in [0.2, 0.25) is 11.6 Å². The van der Waals surface area contributed by atoms with Crippen molar-refractivity contribution >= 4 is 23.5 Å². The van der Waals surface area contributed by atoms with Gasteiger partial charge in [-0.25, -0.2) is 0 Å². The molecule has 0 spiro atoms. The Kier molecular flexibility index (Phi) is 4.66. The highest BCUT2D eigenvalue weighted by Crippen LogP contribution is 2.44. The highest BCUT2D eigenvalue weighted by molar-refractivity contribution is 6.32. The first-order valence-corrected chi connectivity index (χ1v) is 8.51. The molecule has 6 nitrogen and oxygen atoms in total. The van der Waals surface area contributed by atoms with Gasteiger partial charge in [0.05, 0.1) is 5.56 Å².